The molecule has 0 saturated carbocycles. The van der Waals surface area contributed by atoms with Crippen LogP contribution in [0.4, 0.5) is 4.39 Å². The molecule has 5 heteroatoms. The first-order valence-corrected chi connectivity index (χ1v) is 4.33. The number of nitrogens with one attached hydrogen (secondary N) is 1. The Kier molecular flexibility index (Phi) is 2.00. The van der Waals surface area contributed by atoms with Gasteiger partial charge in [0.15, 0.2) is 5.67 Å². The smallest absolute Gasteiger partial charge is 0.226 e. The highest BCUT2D eigenvalue weighted by Crippen LogP contribution is 2.36. The minimum absolute atomic E-state index is 0.00321. The van der Waals surface area contributed by atoms with Crippen LogP contribution in [0.3, 0.4) is 0 Å². The number of hydrogen-bond donors (Lipinski definition) is 2. The van der Waals surface area contributed by atoms with Crippen LogP contribution in [-0.4, -0.2) is 42.5 Å². The predicted octanol–water partition coefficient (Wildman–Crippen LogP) is -0.778. The van der Waals surface area contributed by atoms with E-state index in [1.807, 2.05) is 0 Å². The standard InChI is InChI=1S/C8H12FNO3/c9-8(3-13-4-8)6-1-5(2-11)10-7(6)12/h5-6,11H,1-4H2,(H,10,12)/t5-,6+/m0/s1. The fourth-order valence-electron chi connectivity index (χ4n) is 1.82. The molecule has 13 heavy (non-hydrogen) atoms. The predicted molar refractivity (Wildman–Crippen MR) is 41.8 cm³/mol. The van der Waals surface area contributed by atoms with E-state index in [0.717, 1.165) is 0 Å². The number of carbonyl (C=O) groups is 1. The number of aliphatic hydroxyl groups excluding tert-OH is 1. The molecule has 2 rings (SSSR count). The molecular weight excluding hydrogens is 177 g/mol. The van der Waals surface area contributed by atoms with Crippen molar-refractivity contribution in [3.63, 3.8) is 0 Å². The maximum absolute atomic E-state index is 13.7. The Hall–Kier alpha value is -0.680. The molecule has 0 aromatic rings. The minimum Gasteiger partial charge on any atom is -0.394 e. The van der Waals surface area contributed by atoms with E-state index in [0.29, 0.717) is 6.42 Å². The van der Waals surface area contributed by atoms with Crippen LogP contribution in [0.2, 0.25) is 0 Å². The molecule has 2 atom stereocenters. The van der Waals surface area contributed by atoms with Gasteiger partial charge in [-0.1, -0.05) is 0 Å². The zero-order valence-electron chi connectivity index (χ0n) is 7.12. The summed E-state index contributed by atoms with van der Waals surface area (Å²) in [7, 11) is 0. The van der Waals surface area contributed by atoms with Gasteiger partial charge in [0.1, 0.15) is 0 Å². The van der Waals surface area contributed by atoms with Crippen LogP contribution in [0.1, 0.15) is 6.42 Å². The molecule has 0 aromatic carbocycles. The van der Waals surface area contributed by atoms with Gasteiger partial charge < -0.3 is 15.2 Å². The van der Waals surface area contributed by atoms with Crippen molar-refractivity contribution in [2.45, 2.75) is 18.1 Å². The van der Waals surface area contributed by atoms with Crippen LogP contribution in [0.5, 0.6) is 0 Å². The summed E-state index contributed by atoms with van der Waals surface area (Å²) in [4.78, 5) is 11.3. The van der Waals surface area contributed by atoms with Crippen LogP contribution in [0, 0.1) is 5.92 Å². The summed E-state index contributed by atoms with van der Waals surface area (Å²) < 4.78 is 18.5. The zero-order valence-corrected chi connectivity index (χ0v) is 7.12. The van der Waals surface area contributed by atoms with Gasteiger partial charge in [0, 0.05) is 0 Å². The fourth-order valence-corrected chi connectivity index (χ4v) is 1.82. The molecule has 4 nitrogen and oxygen atoms in total. The van der Waals surface area contributed by atoms with Gasteiger partial charge in [-0.2, -0.15) is 0 Å². The SMILES string of the molecule is O=C1N[C@H](CO)C[C@H]1C1(F)COC1. The van der Waals surface area contributed by atoms with Gasteiger partial charge >= 0.3 is 0 Å². The summed E-state index contributed by atoms with van der Waals surface area (Å²) >= 11 is 0. The number of aliphatic hydroxyl groups is 1. The van der Waals surface area contributed by atoms with Crippen molar-refractivity contribution in [2.24, 2.45) is 5.92 Å². The minimum atomic E-state index is -1.49. The van der Waals surface area contributed by atoms with Crippen molar-refractivity contribution in [1.29, 1.82) is 0 Å². The summed E-state index contributed by atoms with van der Waals surface area (Å²) in [5.41, 5.74) is -1.49. The molecule has 0 bridgehead atoms. The second kappa shape index (κ2) is 2.92. The third kappa shape index (κ3) is 1.32. The number of halogens is 1. The Morgan fingerprint density at radius 1 is 1.69 bits per heavy atom. The molecule has 0 unspecified atom stereocenters. The molecule has 0 spiro atoms. The second-order valence-electron chi connectivity index (χ2n) is 3.70. The van der Waals surface area contributed by atoms with E-state index < -0.39 is 11.6 Å². The van der Waals surface area contributed by atoms with Gasteiger partial charge in [-0.05, 0) is 6.42 Å². The van der Waals surface area contributed by atoms with E-state index in [2.05, 4.69) is 5.32 Å². The quantitative estimate of drug-likeness (QED) is 0.599. The molecule has 74 valence electrons. The van der Waals surface area contributed by atoms with Crippen LogP contribution >= 0.6 is 0 Å². The lowest BCUT2D eigenvalue weighted by Crippen LogP contribution is -2.53. The number of ether oxygens (including phenoxy) is 1. The fraction of sp³-hybridized carbons (Fsp3) is 0.875. The Morgan fingerprint density at radius 3 is 2.77 bits per heavy atom. The van der Waals surface area contributed by atoms with Crippen LogP contribution < -0.4 is 5.32 Å². The molecule has 2 aliphatic rings. The highest BCUT2D eigenvalue weighted by atomic mass is 19.1. The summed E-state index contributed by atoms with van der Waals surface area (Å²) in [5.74, 6) is -0.941. The maximum atomic E-state index is 13.7. The number of amides is 1. The Morgan fingerprint density at radius 2 is 2.38 bits per heavy atom. The van der Waals surface area contributed by atoms with Crippen molar-refractivity contribution < 1.29 is 19.0 Å². The van der Waals surface area contributed by atoms with Gasteiger partial charge in [-0.3, -0.25) is 4.79 Å². The van der Waals surface area contributed by atoms with Gasteiger partial charge in [0.05, 0.1) is 31.8 Å². The topological polar surface area (TPSA) is 58.6 Å². The third-order valence-corrected chi connectivity index (χ3v) is 2.71. The average molecular weight is 189 g/mol. The normalized spacial score (nSPS) is 36.9. The van der Waals surface area contributed by atoms with E-state index in [1.54, 1.807) is 0 Å². The summed E-state index contributed by atoms with van der Waals surface area (Å²) in [5, 5.41) is 11.3. The van der Waals surface area contributed by atoms with Crippen LogP contribution in [-0.2, 0) is 9.53 Å². The van der Waals surface area contributed by atoms with Crippen LogP contribution in [0.15, 0.2) is 0 Å². The van der Waals surface area contributed by atoms with Crippen molar-refractivity contribution in [1.82, 2.24) is 5.32 Å². The lowest BCUT2D eigenvalue weighted by molar-refractivity contribution is -0.167. The van der Waals surface area contributed by atoms with Gasteiger partial charge in [-0.15, -0.1) is 0 Å². The lowest BCUT2D eigenvalue weighted by atomic mass is 9.85. The molecule has 0 radical (unpaired) electrons. The van der Waals surface area contributed by atoms with E-state index in [-0.39, 0.29) is 31.8 Å². The van der Waals surface area contributed by atoms with Crippen molar-refractivity contribution in [3.05, 3.63) is 0 Å². The number of hydrogen-bond acceptors (Lipinski definition) is 3. The highest BCUT2D eigenvalue weighted by Gasteiger charge is 2.53. The third-order valence-electron chi connectivity index (χ3n) is 2.71. The molecule has 0 aliphatic carbocycles. The van der Waals surface area contributed by atoms with Crippen LogP contribution in [0.25, 0.3) is 0 Å². The Labute approximate surface area is 75.1 Å². The van der Waals surface area contributed by atoms with E-state index in [9.17, 15) is 9.18 Å². The van der Waals surface area contributed by atoms with E-state index in [1.165, 1.54) is 0 Å². The van der Waals surface area contributed by atoms with Gasteiger partial charge in [0.2, 0.25) is 5.91 Å². The molecule has 2 heterocycles. The Balaban J connectivity index is 2.04. The number of rotatable bonds is 2. The first-order valence-electron chi connectivity index (χ1n) is 4.33. The average Bonchev–Trinajstić information content (AvgIpc) is 2.43. The molecule has 1 amide bonds. The summed E-state index contributed by atoms with van der Waals surface area (Å²) in [6, 6.07) is -0.286. The van der Waals surface area contributed by atoms with Gasteiger partial charge in [-0.25, -0.2) is 4.39 Å². The molecule has 0 aromatic heterocycles. The Bertz CT molecular complexity index is 229. The van der Waals surface area contributed by atoms with Crippen molar-refractivity contribution in [2.75, 3.05) is 19.8 Å². The maximum Gasteiger partial charge on any atom is 0.226 e. The molecule has 2 aliphatic heterocycles. The summed E-state index contributed by atoms with van der Waals surface area (Å²) in [6.07, 6.45) is 0.370. The first-order chi connectivity index (χ1) is 6.15. The molecule has 2 N–H and O–H groups in total. The molecule has 2 fully saturated rings. The van der Waals surface area contributed by atoms with E-state index >= 15 is 0 Å². The molecule has 2 saturated heterocycles. The van der Waals surface area contributed by atoms with E-state index in [4.69, 9.17) is 9.84 Å². The lowest BCUT2D eigenvalue weighted by Gasteiger charge is -2.37. The number of alkyl halides is 1. The van der Waals surface area contributed by atoms with Crippen molar-refractivity contribution >= 4 is 5.91 Å². The second-order valence-corrected chi connectivity index (χ2v) is 3.70. The zero-order chi connectivity index (χ0) is 9.47. The summed E-state index contributed by atoms with van der Waals surface area (Å²) in [6.45, 7) is -0.119. The number of carbonyl (C=O) groups excluding carboxylic acids is 1. The largest absolute Gasteiger partial charge is 0.394 e. The van der Waals surface area contributed by atoms with Gasteiger partial charge in [0.25, 0.3) is 0 Å². The molecular formula is C8H12FNO3. The van der Waals surface area contributed by atoms with Crippen molar-refractivity contribution in [3.8, 4) is 0 Å². The highest BCUT2D eigenvalue weighted by molar-refractivity contribution is 5.82. The monoisotopic (exact) mass is 189 g/mol. The first kappa shape index (κ1) is 8.90.